The molecule has 3 nitrogen and oxygen atoms in total. The van der Waals surface area contributed by atoms with E-state index in [1.165, 1.54) is 11.1 Å². The Kier molecular flexibility index (Phi) is 5.86. The molecule has 100 valence electrons. The van der Waals surface area contributed by atoms with E-state index in [0.29, 0.717) is 13.0 Å². The SMILES string of the molecule is CCCC(N)CNC(=O)Cc1ccc(C)c(C)c1. The maximum absolute atomic E-state index is 11.8. The largest absolute Gasteiger partial charge is 0.354 e. The van der Waals surface area contributed by atoms with Crippen LogP contribution in [0.1, 0.15) is 36.5 Å². The van der Waals surface area contributed by atoms with E-state index < -0.39 is 0 Å². The predicted molar refractivity (Wildman–Crippen MR) is 75.5 cm³/mol. The van der Waals surface area contributed by atoms with Crippen LogP contribution in [0.4, 0.5) is 0 Å². The first-order chi connectivity index (χ1) is 8.52. The van der Waals surface area contributed by atoms with Crippen LogP contribution in [0.3, 0.4) is 0 Å². The minimum Gasteiger partial charge on any atom is -0.354 e. The molecule has 0 spiro atoms. The summed E-state index contributed by atoms with van der Waals surface area (Å²) in [7, 11) is 0. The third-order valence-corrected chi connectivity index (χ3v) is 3.16. The summed E-state index contributed by atoms with van der Waals surface area (Å²) in [6.45, 7) is 6.80. The molecule has 0 aliphatic heterocycles. The fourth-order valence-electron chi connectivity index (χ4n) is 1.88. The molecule has 0 saturated carbocycles. The highest BCUT2D eigenvalue weighted by Crippen LogP contribution is 2.10. The lowest BCUT2D eigenvalue weighted by atomic mass is 10.0. The molecule has 3 N–H and O–H groups in total. The summed E-state index contributed by atoms with van der Waals surface area (Å²) in [5.41, 5.74) is 9.39. The zero-order valence-corrected chi connectivity index (χ0v) is 11.6. The number of rotatable bonds is 6. The van der Waals surface area contributed by atoms with Gasteiger partial charge in [-0.15, -0.1) is 0 Å². The van der Waals surface area contributed by atoms with Crippen molar-refractivity contribution < 1.29 is 4.79 Å². The Labute approximate surface area is 110 Å². The normalized spacial score (nSPS) is 12.2. The maximum atomic E-state index is 11.8. The summed E-state index contributed by atoms with van der Waals surface area (Å²) in [5.74, 6) is 0.0461. The Hall–Kier alpha value is -1.35. The number of nitrogens with one attached hydrogen (secondary N) is 1. The predicted octanol–water partition coefficient (Wildman–Crippen LogP) is 2.09. The molecule has 3 heteroatoms. The lowest BCUT2D eigenvalue weighted by Gasteiger charge is -2.12. The molecule has 0 fully saturated rings. The minimum atomic E-state index is 0.0461. The number of carbonyl (C=O) groups excluding carboxylic acids is 1. The quantitative estimate of drug-likeness (QED) is 0.810. The van der Waals surface area contributed by atoms with Crippen molar-refractivity contribution in [3.63, 3.8) is 0 Å². The van der Waals surface area contributed by atoms with Gasteiger partial charge in [0.25, 0.3) is 0 Å². The average molecular weight is 248 g/mol. The van der Waals surface area contributed by atoms with E-state index in [0.717, 1.165) is 18.4 Å². The number of hydrogen-bond acceptors (Lipinski definition) is 2. The number of amides is 1. The molecule has 1 atom stereocenters. The molecular formula is C15H24N2O. The Bertz CT molecular complexity index is 401. The molecular weight excluding hydrogens is 224 g/mol. The fraction of sp³-hybridized carbons (Fsp3) is 0.533. The van der Waals surface area contributed by atoms with Crippen molar-refractivity contribution in [2.24, 2.45) is 5.73 Å². The van der Waals surface area contributed by atoms with Gasteiger partial charge in [-0.3, -0.25) is 4.79 Å². The van der Waals surface area contributed by atoms with Gasteiger partial charge in [0.1, 0.15) is 0 Å². The Balaban J connectivity index is 2.42. The zero-order chi connectivity index (χ0) is 13.5. The van der Waals surface area contributed by atoms with Gasteiger partial charge in [0.05, 0.1) is 6.42 Å². The van der Waals surface area contributed by atoms with Crippen molar-refractivity contribution in [3.8, 4) is 0 Å². The van der Waals surface area contributed by atoms with Crippen molar-refractivity contribution in [2.45, 2.75) is 46.1 Å². The molecule has 0 heterocycles. The van der Waals surface area contributed by atoms with E-state index in [2.05, 4.69) is 38.2 Å². The Morgan fingerprint density at radius 1 is 1.33 bits per heavy atom. The second-order valence-electron chi connectivity index (χ2n) is 4.95. The highest BCUT2D eigenvalue weighted by atomic mass is 16.1. The van der Waals surface area contributed by atoms with Crippen LogP contribution in [-0.4, -0.2) is 18.5 Å². The third kappa shape index (κ3) is 4.88. The van der Waals surface area contributed by atoms with Gasteiger partial charge in [-0.1, -0.05) is 31.5 Å². The summed E-state index contributed by atoms with van der Waals surface area (Å²) in [5, 5.41) is 2.89. The van der Waals surface area contributed by atoms with Crippen LogP contribution in [0.15, 0.2) is 18.2 Å². The van der Waals surface area contributed by atoms with Gasteiger partial charge in [-0.05, 0) is 37.0 Å². The third-order valence-electron chi connectivity index (χ3n) is 3.16. The van der Waals surface area contributed by atoms with Gasteiger partial charge in [-0.2, -0.15) is 0 Å². The Morgan fingerprint density at radius 3 is 2.67 bits per heavy atom. The molecule has 0 aromatic heterocycles. The van der Waals surface area contributed by atoms with Gasteiger partial charge in [0.15, 0.2) is 0 Å². The van der Waals surface area contributed by atoms with Gasteiger partial charge in [-0.25, -0.2) is 0 Å². The van der Waals surface area contributed by atoms with Crippen molar-refractivity contribution in [2.75, 3.05) is 6.54 Å². The van der Waals surface area contributed by atoms with Crippen molar-refractivity contribution >= 4 is 5.91 Å². The van der Waals surface area contributed by atoms with Crippen LogP contribution in [0.5, 0.6) is 0 Å². The number of aryl methyl sites for hydroxylation is 2. The summed E-state index contributed by atoms with van der Waals surface area (Å²) in [6.07, 6.45) is 2.43. The van der Waals surface area contributed by atoms with Gasteiger partial charge < -0.3 is 11.1 Å². The number of carbonyl (C=O) groups is 1. The smallest absolute Gasteiger partial charge is 0.224 e. The summed E-state index contributed by atoms with van der Waals surface area (Å²) >= 11 is 0. The summed E-state index contributed by atoms with van der Waals surface area (Å²) < 4.78 is 0. The summed E-state index contributed by atoms with van der Waals surface area (Å²) in [6, 6.07) is 6.20. The van der Waals surface area contributed by atoms with Crippen LogP contribution >= 0.6 is 0 Å². The lowest BCUT2D eigenvalue weighted by molar-refractivity contribution is -0.120. The molecule has 0 bridgehead atoms. The first-order valence-corrected chi connectivity index (χ1v) is 6.61. The van der Waals surface area contributed by atoms with Gasteiger partial charge in [0, 0.05) is 12.6 Å². The van der Waals surface area contributed by atoms with Crippen molar-refractivity contribution in [1.82, 2.24) is 5.32 Å². The average Bonchev–Trinajstić information content (AvgIpc) is 2.32. The molecule has 0 aliphatic rings. The number of nitrogens with two attached hydrogens (primary N) is 1. The van der Waals surface area contributed by atoms with Crippen LogP contribution in [0.25, 0.3) is 0 Å². The van der Waals surface area contributed by atoms with E-state index in [9.17, 15) is 4.79 Å². The molecule has 1 unspecified atom stereocenters. The molecule has 0 radical (unpaired) electrons. The van der Waals surface area contributed by atoms with Crippen molar-refractivity contribution in [3.05, 3.63) is 34.9 Å². The molecule has 1 aromatic rings. The minimum absolute atomic E-state index is 0.0461. The highest BCUT2D eigenvalue weighted by Gasteiger charge is 2.06. The van der Waals surface area contributed by atoms with E-state index in [1.807, 2.05) is 6.07 Å². The zero-order valence-electron chi connectivity index (χ0n) is 11.6. The van der Waals surface area contributed by atoms with E-state index in [4.69, 9.17) is 5.73 Å². The standard InChI is InChI=1S/C15H24N2O/c1-4-5-14(16)10-17-15(18)9-13-7-6-11(2)12(3)8-13/h6-8,14H,4-5,9-10,16H2,1-3H3,(H,17,18). The first-order valence-electron chi connectivity index (χ1n) is 6.61. The van der Waals surface area contributed by atoms with Gasteiger partial charge >= 0.3 is 0 Å². The second kappa shape index (κ2) is 7.17. The maximum Gasteiger partial charge on any atom is 0.224 e. The van der Waals surface area contributed by atoms with E-state index in [-0.39, 0.29) is 11.9 Å². The molecule has 1 rings (SSSR count). The second-order valence-corrected chi connectivity index (χ2v) is 4.95. The number of hydrogen-bond donors (Lipinski definition) is 2. The Morgan fingerprint density at radius 2 is 2.06 bits per heavy atom. The van der Waals surface area contributed by atoms with Crippen molar-refractivity contribution in [1.29, 1.82) is 0 Å². The van der Waals surface area contributed by atoms with Crippen LogP contribution < -0.4 is 11.1 Å². The van der Waals surface area contributed by atoms with E-state index in [1.54, 1.807) is 0 Å². The molecule has 1 amide bonds. The lowest BCUT2D eigenvalue weighted by Crippen LogP contribution is -2.37. The van der Waals surface area contributed by atoms with E-state index >= 15 is 0 Å². The fourth-order valence-corrected chi connectivity index (χ4v) is 1.88. The molecule has 0 saturated heterocycles. The van der Waals surface area contributed by atoms with Crippen LogP contribution in [-0.2, 0) is 11.2 Å². The summed E-state index contributed by atoms with van der Waals surface area (Å²) in [4.78, 5) is 11.8. The molecule has 0 aliphatic carbocycles. The monoisotopic (exact) mass is 248 g/mol. The molecule has 1 aromatic carbocycles. The molecule has 18 heavy (non-hydrogen) atoms. The van der Waals surface area contributed by atoms with Crippen LogP contribution in [0, 0.1) is 13.8 Å². The number of benzene rings is 1. The first kappa shape index (κ1) is 14.7. The highest BCUT2D eigenvalue weighted by molar-refractivity contribution is 5.78. The topological polar surface area (TPSA) is 55.1 Å². The van der Waals surface area contributed by atoms with Crippen LogP contribution in [0.2, 0.25) is 0 Å². The van der Waals surface area contributed by atoms with Gasteiger partial charge in [0.2, 0.25) is 5.91 Å².